The predicted molar refractivity (Wildman–Crippen MR) is 116 cm³/mol. The van der Waals surface area contributed by atoms with Gasteiger partial charge in [-0.05, 0) is 18.6 Å². The van der Waals surface area contributed by atoms with E-state index in [2.05, 4.69) is 15.5 Å². The van der Waals surface area contributed by atoms with Crippen molar-refractivity contribution in [2.45, 2.75) is 25.9 Å². The number of carbonyl (C=O) groups excluding carboxylic acids is 1. The van der Waals surface area contributed by atoms with Gasteiger partial charge in [0.15, 0.2) is 0 Å². The summed E-state index contributed by atoms with van der Waals surface area (Å²) in [6, 6.07) is 14.9. The van der Waals surface area contributed by atoms with Crippen molar-refractivity contribution in [2.24, 2.45) is 0 Å². The molecule has 3 rings (SSSR count). The molecule has 3 aromatic rings. The van der Waals surface area contributed by atoms with Gasteiger partial charge in [0.2, 0.25) is 27.6 Å². The fraction of sp³-hybridized carbons (Fsp3) is 0.286. The zero-order valence-electron chi connectivity index (χ0n) is 17.5. The maximum Gasteiger partial charge on any atom is 0.246 e. The van der Waals surface area contributed by atoms with Gasteiger partial charge >= 0.3 is 0 Å². The molecule has 0 bridgehead atoms. The molecule has 0 saturated heterocycles. The van der Waals surface area contributed by atoms with Crippen LogP contribution in [0.15, 0.2) is 59.1 Å². The number of ether oxygens (including phenoxy) is 1. The van der Waals surface area contributed by atoms with Gasteiger partial charge < -0.3 is 14.6 Å². The van der Waals surface area contributed by atoms with E-state index in [0.717, 1.165) is 16.1 Å². The molecule has 31 heavy (non-hydrogen) atoms. The number of anilines is 1. The Labute approximate surface area is 181 Å². The minimum atomic E-state index is -3.75. The van der Waals surface area contributed by atoms with E-state index in [1.54, 1.807) is 31.2 Å². The summed E-state index contributed by atoms with van der Waals surface area (Å²) < 4.78 is 36.5. The van der Waals surface area contributed by atoms with Crippen molar-refractivity contribution in [3.8, 4) is 17.1 Å². The Kier molecular flexibility index (Phi) is 6.91. The summed E-state index contributed by atoms with van der Waals surface area (Å²) >= 11 is 0. The van der Waals surface area contributed by atoms with E-state index in [1.807, 2.05) is 30.3 Å². The number of hydrogen-bond donors (Lipinski definition) is 1. The molecule has 164 valence electrons. The van der Waals surface area contributed by atoms with Crippen molar-refractivity contribution in [2.75, 3.05) is 17.7 Å². The molecule has 1 unspecified atom stereocenters. The van der Waals surface area contributed by atoms with Gasteiger partial charge in [-0.3, -0.25) is 9.10 Å². The predicted octanol–water partition coefficient (Wildman–Crippen LogP) is 2.61. The van der Waals surface area contributed by atoms with E-state index in [-0.39, 0.29) is 18.9 Å². The van der Waals surface area contributed by atoms with Crippen LogP contribution in [0, 0.1) is 0 Å². The Hall–Kier alpha value is -3.40. The molecule has 0 spiro atoms. The standard InChI is InChI=1S/C21H24N4O5S/c1-4-18(25(31(3,27)28)16-11-8-12-17(13-16)29-2)21(26)22-14-19-23-20(24-30-19)15-9-6-5-7-10-15/h5-13,18H,4,14H2,1-3H3,(H,22,26). The minimum absolute atomic E-state index is 0.0229. The van der Waals surface area contributed by atoms with E-state index in [9.17, 15) is 13.2 Å². The van der Waals surface area contributed by atoms with E-state index in [4.69, 9.17) is 9.26 Å². The highest BCUT2D eigenvalue weighted by Gasteiger charge is 2.31. The SMILES string of the molecule is CCC(C(=O)NCc1nc(-c2ccccc2)no1)N(c1cccc(OC)c1)S(C)(=O)=O. The summed E-state index contributed by atoms with van der Waals surface area (Å²) in [7, 11) is -2.26. The minimum Gasteiger partial charge on any atom is -0.497 e. The van der Waals surface area contributed by atoms with Crippen molar-refractivity contribution in [3.63, 3.8) is 0 Å². The third kappa shape index (κ3) is 5.40. The van der Waals surface area contributed by atoms with Crippen LogP contribution in [-0.2, 0) is 21.4 Å². The van der Waals surface area contributed by atoms with Crippen LogP contribution in [0.25, 0.3) is 11.4 Å². The number of amides is 1. The van der Waals surface area contributed by atoms with Gasteiger partial charge in [-0.15, -0.1) is 0 Å². The molecular weight excluding hydrogens is 420 g/mol. The number of nitrogens with one attached hydrogen (secondary N) is 1. The first-order valence-electron chi connectivity index (χ1n) is 9.62. The molecule has 0 fully saturated rings. The first-order valence-corrected chi connectivity index (χ1v) is 11.5. The molecule has 1 aromatic heterocycles. The lowest BCUT2D eigenvalue weighted by Crippen LogP contribution is -2.49. The normalized spacial score (nSPS) is 12.2. The number of hydrogen-bond acceptors (Lipinski definition) is 7. The van der Waals surface area contributed by atoms with E-state index in [0.29, 0.717) is 17.3 Å². The molecule has 9 nitrogen and oxygen atoms in total. The molecule has 0 aliphatic carbocycles. The van der Waals surface area contributed by atoms with Gasteiger partial charge in [-0.1, -0.05) is 48.5 Å². The van der Waals surface area contributed by atoms with Crippen LogP contribution in [-0.4, -0.2) is 43.9 Å². The number of methoxy groups -OCH3 is 1. The van der Waals surface area contributed by atoms with Crippen LogP contribution in [0.4, 0.5) is 5.69 Å². The lowest BCUT2D eigenvalue weighted by molar-refractivity contribution is -0.122. The van der Waals surface area contributed by atoms with Crippen LogP contribution >= 0.6 is 0 Å². The maximum atomic E-state index is 12.9. The number of aromatic nitrogens is 2. The van der Waals surface area contributed by atoms with Crippen molar-refractivity contribution in [1.82, 2.24) is 15.5 Å². The van der Waals surface area contributed by atoms with Gasteiger partial charge in [-0.25, -0.2) is 8.42 Å². The molecule has 1 heterocycles. The monoisotopic (exact) mass is 444 g/mol. The largest absolute Gasteiger partial charge is 0.497 e. The van der Waals surface area contributed by atoms with Crippen LogP contribution in [0.1, 0.15) is 19.2 Å². The number of nitrogens with zero attached hydrogens (tertiary/aromatic N) is 3. The molecule has 2 aromatic carbocycles. The van der Waals surface area contributed by atoms with Gasteiger partial charge in [0.25, 0.3) is 0 Å². The summed E-state index contributed by atoms with van der Waals surface area (Å²) in [5.41, 5.74) is 1.13. The second kappa shape index (κ2) is 9.61. The molecule has 0 saturated carbocycles. The summed E-state index contributed by atoms with van der Waals surface area (Å²) in [5.74, 6) is 0.635. The molecule has 0 aliphatic heterocycles. The van der Waals surface area contributed by atoms with Crippen molar-refractivity contribution in [3.05, 3.63) is 60.5 Å². The third-order valence-corrected chi connectivity index (χ3v) is 5.73. The lowest BCUT2D eigenvalue weighted by Gasteiger charge is -2.30. The molecule has 1 N–H and O–H groups in total. The van der Waals surface area contributed by atoms with Gasteiger partial charge in [0.05, 0.1) is 25.6 Å². The fourth-order valence-corrected chi connectivity index (χ4v) is 4.32. The zero-order valence-corrected chi connectivity index (χ0v) is 18.3. The van der Waals surface area contributed by atoms with Crippen LogP contribution in [0.5, 0.6) is 5.75 Å². The van der Waals surface area contributed by atoms with E-state index < -0.39 is 22.0 Å². The zero-order chi connectivity index (χ0) is 22.4. The average Bonchev–Trinajstić information content (AvgIpc) is 3.24. The number of benzene rings is 2. The topological polar surface area (TPSA) is 115 Å². The van der Waals surface area contributed by atoms with Crippen molar-refractivity contribution < 1.29 is 22.5 Å². The summed E-state index contributed by atoms with van der Waals surface area (Å²) in [6.45, 7) is 1.72. The lowest BCUT2D eigenvalue weighted by atomic mass is 10.2. The number of sulfonamides is 1. The molecule has 0 radical (unpaired) electrons. The quantitative estimate of drug-likeness (QED) is 0.539. The number of carbonyl (C=O) groups is 1. The summed E-state index contributed by atoms with van der Waals surface area (Å²) in [5, 5.41) is 6.61. The average molecular weight is 445 g/mol. The first kappa shape index (κ1) is 22.3. The van der Waals surface area contributed by atoms with Crippen LogP contribution in [0.3, 0.4) is 0 Å². The van der Waals surface area contributed by atoms with Crippen LogP contribution in [0.2, 0.25) is 0 Å². The Bertz CT molecular complexity index is 1130. The smallest absolute Gasteiger partial charge is 0.246 e. The molecule has 0 aliphatic rings. The second-order valence-corrected chi connectivity index (χ2v) is 8.64. The number of rotatable bonds is 9. The van der Waals surface area contributed by atoms with Gasteiger partial charge in [0, 0.05) is 11.6 Å². The highest BCUT2D eigenvalue weighted by molar-refractivity contribution is 7.92. The summed E-state index contributed by atoms with van der Waals surface area (Å²) in [4.78, 5) is 17.2. The van der Waals surface area contributed by atoms with Crippen LogP contribution < -0.4 is 14.4 Å². The Morgan fingerprint density at radius 3 is 2.58 bits per heavy atom. The molecular formula is C21H24N4O5S. The summed E-state index contributed by atoms with van der Waals surface area (Å²) in [6.07, 6.45) is 1.32. The highest BCUT2D eigenvalue weighted by Crippen LogP contribution is 2.26. The van der Waals surface area contributed by atoms with Gasteiger partial charge in [0.1, 0.15) is 11.8 Å². The second-order valence-electron chi connectivity index (χ2n) is 6.78. The van der Waals surface area contributed by atoms with E-state index >= 15 is 0 Å². The van der Waals surface area contributed by atoms with E-state index in [1.165, 1.54) is 7.11 Å². The maximum absolute atomic E-state index is 12.9. The Balaban J connectivity index is 1.77. The highest BCUT2D eigenvalue weighted by atomic mass is 32.2. The van der Waals surface area contributed by atoms with Crippen molar-refractivity contribution in [1.29, 1.82) is 0 Å². The third-order valence-electron chi connectivity index (χ3n) is 4.55. The molecule has 1 amide bonds. The fourth-order valence-electron chi connectivity index (χ4n) is 3.12. The van der Waals surface area contributed by atoms with Gasteiger partial charge in [-0.2, -0.15) is 4.98 Å². The first-order chi connectivity index (χ1) is 14.8. The molecule has 1 atom stereocenters. The molecule has 10 heteroatoms. The Morgan fingerprint density at radius 1 is 1.19 bits per heavy atom. The Morgan fingerprint density at radius 2 is 1.94 bits per heavy atom. The van der Waals surface area contributed by atoms with Crippen molar-refractivity contribution >= 4 is 21.6 Å².